The third kappa shape index (κ3) is 4.85. The van der Waals surface area contributed by atoms with Crippen LogP contribution in [0.1, 0.15) is 34.3 Å². The number of fused-ring (bicyclic) bond motifs is 1. The van der Waals surface area contributed by atoms with Gasteiger partial charge in [-0.05, 0) is 55.3 Å². The molecule has 1 N–H and O–H groups in total. The third-order valence-corrected chi connectivity index (χ3v) is 5.99. The van der Waals surface area contributed by atoms with Crippen LogP contribution in [-0.2, 0) is 17.6 Å². The molecule has 0 radical (unpaired) electrons. The molecule has 152 valence electrons. The summed E-state index contributed by atoms with van der Waals surface area (Å²) in [5.41, 5.74) is 4.55. The first-order chi connectivity index (χ1) is 14.2. The quantitative estimate of drug-likeness (QED) is 0.797. The fourth-order valence-electron chi connectivity index (χ4n) is 4.22. The Morgan fingerprint density at radius 1 is 0.828 bits per heavy atom. The van der Waals surface area contributed by atoms with Crippen LogP contribution in [0.5, 0.6) is 0 Å². The van der Waals surface area contributed by atoms with Gasteiger partial charge in [0.25, 0.3) is 0 Å². The third-order valence-electron chi connectivity index (χ3n) is 5.99. The fraction of sp³-hybridized carbons (Fsp3) is 0.417. The summed E-state index contributed by atoms with van der Waals surface area (Å²) >= 11 is 0. The number of nitrogens with one attached hydrogen (secondary N) is 1. The van der Waals surface area contributed by atoms with Gasteiger partial charge in [-0.3, -0.25) is 9.59 Å². The summed E-state index contributed by atoms with van der Waals surface area (Å²) in [6, 6.07) is 16.3. The first-order valence-corrected chi connectivity index (χ1v) is 10.6. The summed E-state index contributed by atoms with van der Waals surface area (Å²) in [5.74, 6) is 0.159. The lowest BCUT2D eigenvalue weighted by Crippen LogP contribution is -2.48. The average molecular weight is 392 g/mol. The van der Waals surface area contributed by atoms with E-state index in [9.17, 15) is 9.59 Å². The van der Waals surface area contributed by atoms with Crippen molar-refractivity contribution in [1.82, 2.24) is 10.2 Å². The molecule has 0 unspecified atom stereocenters. The molecule has 1 saturated heterocycles. The van der Waals surface area contributed by atoms with Crippen molar-refractivity contribution in [2.24, 2.45) is 0 Å². The largest absolute Gasteiger partial charge is 0.368 e. The lowest BCUT2D eigenvalue weighted by Gasteiger charge is -2.36. The number of rotatable bonds is 5. The maximum absolute atomic E-state index is 12.6. The number of benzene rings is 2. The van der Waals surface area contributed by atoms with Gasteiger partial charge in [-0.1, -0.05) is 30.3 Å². The van der Waals surface area contributed by atoms with Gasteiger partial charge in [0.15, 0.2) is 5.78 Å². The van der Waals surface area contributed by atoms with E-state index in [1.165, 1.54) is 16.8 Å². The number of Topliss-reactive ketones (excluding diaryl/α,β-unsaturated/α-hetero) is 1. The van der Waals surface area contributed by atoms with Crippen LogP contribution >= 0.6 is 0 Å². The van der Waals surface area contributed by atoms with E-state index in [0.717, 1.165) is 44.6 Å². The molecule has 1 amide bonds. The molecule has 0 bridgehead atoms. The molecule has 4 rings (SSSR count). The Morgan fingerprint density at radius 2 is 1.55 bits per heavy atom. The Hall–Kier alpha value is -2.66. The summed E-state index contributed by atoms with van der Waals surface area (Å²) in [4.78, 5) is 29.5. The zero-order chi connectivity index (χ0) is 20.1. The first kappa shape index (κ1) is 19.6. The van der Waals surface area contributed by atoms with Crippen molar-refractivity contribution in [1.29, 1.82) is 0 Å². The molecule has 0 aromatic heterocycles. The molecule has 0 spiro atoms. The van der Waals surface area contributed by atoms with Gasteiger partial charge in [0.2, 0.25) is 5.91 Å². The van der Waals surface area contributed by atoms with Crippen LogP contribution in [0.4, 0.5) is 5.69 Å². The van der Waals surface area contributed by atoms with Crippen LogP contribution in [0.25, 0.3) is 0 Å². The summed E-state index contributed by atoms with van der Waals surface area (Å²) < 4.78 is 0. The van der Waals surface area contributed by atoms with Gasteiger partial charge in [0, 0.05) is 50.3 Å². The molecular formula is C24H29N3O2. The number of para-hydroxylation sites is 1. The van der Waals surface area contributed by atoms with Gasteiger partial charge in [-0.2, -0.15) is 0 Å². The monoisotopic (exact) mass is 391 g/mol. The summed E-state index contributed by atoms with van der Waals surface area (Å²) in [6.07, 6.45) is 2.55. The minimum absolute atomic E-state index is 0.0706. The number of ketones is 1. The van der Waals surface area contributed by atoms with E-state index in [0.29, 0.717) is 19.5 Å². The fourth-order valence-corrected chi connectivity index (χ4v) is 4.22. The molecule has 0 aliphatic carbocycles. The zero-order valence-corrected chi connectivity index (χ0v) is 16.9. The van der Waals surface area contributed by atoms with Crippen molar-refractivity contribution < 1.29 is 9.59 Å². The second kappa shape index (κ2) is 9.23. The van der Waals surface area contributed by atoms with E-state index < -0.39 is 0 Å². The molecule has 0 atom stereocenters. The number of carbonyl (C=O) groups is 2. The van der Waals surface area contributed by atoms with Crippen LogP contribution < -0.4 is 10.2 Å². The maximum atomic E-state index is 12.6. The predicted octanol–water partition coefficient (Wildman–Crippen LogP) is 2.69. The van der Waals surface area contributed by atoms with E-state index in [1.54, 1.807) is 0 Å². The lowest BCUT2D eigenvalue weighted by atomic mass is 9.97. The van der Waals surface area contributed by atoms with Gasteiger partial charge in [-0.25, -0.2) is 0 Å². The molecule has 5 nitrogen and oxygen atoms in total. The van der Waals surface area contributed by atoms with E-state index in [2.05, 4.69) is 28.4 Å². The molecule has 1 fully saturated rings. The number of piperazine rings is 1. The highest BCUT2D eigenvalue weighted by Gasteiger charge is 2.22. The molecule has 2 aliphatic rings. The summed E-state index contributed by atoms with van der Waals surface area (Å²) in [6.45, 7) is 5.05. The van der Waals surface area contributed by atoms with E-state index in [4.69, 9.17) is 0 Å². The Morgan fingerprint density at radius 3 is 2.31 bits per heavy atom. The van der Waals surface area contributed by atoms with Gasteiger partial charge in [-0.15, -0.1) is 0 Å². The minimum Gasteiger partial charge on any atom is -0.368 e. The number of hydrogen-bond acceptors (Lipinski definition) is 4. The van der Waals surface area contributed by atoms with Crippen LogP contribution in [0, 0.1) is 0 Å². The zero-order valence-electron chi connectivity index (χ0n) is 16.9. The van der Waals surface area contributed by atoms with E-state index >= 15 is 0 Å². The highest BCUT2D eigenvalue weighted by molar-refractivity contribution is 5.98. The van der Waals surface area contributed by atoms with Crippen molar-refractivity contribution in [3.63, 3.8) is 0 Å². The minimum atomic E-state index is 0.0706. The molecule has 2 heterocycles. The molecule has 0 saturated carbocycles. The second-order valence-electron chi connectivity index (χ2n) is 7.86. The van der Waals surface area contributed by atoms with Crippen LogP contribution in [0.15, 0.2) is 48.5 Å². The van der Waals surface area contributed by atoms with E-state index in [1.807, 2.05) is 35.2 Å². The lowest BCUT2D eigenvalue weighted by molar-refractivity contribution is -0.131. The van der Waals surface area contributed by atoms with Crippen LogP contribution in [0.3, 0.4) is 0 Å². The van der Waals surface area contributed by atoms with E-state index in [-0.39, 0.29) is 18.1 Å². The van der Waals surface area contributed by atoms with Crippen LogP contribution in [-0.4, -0.2) is 55.9 Å². The SMILES string of the molecule is O=C(CCC(=O)N1CCN(c2ccccc2)CC1)c1ccc2c(c1)CCNCC2. The Balaban J connectivity index is 1.28. The highest BCUT2D eigenvalue weighted by atomic mass is 16.2. The van der Waals surface area contributed by atoms with Gasteiger partial charge >= 0.3 is 0 Å². The maximum Gasteiger partial charge on any atom is 0.223 e. The smallest absolute Gasteiger partial charge is 0.223 e. The molecule has 5 heteroatoms. The predicted molar refractivity (Wildman–Crippen MR) is 116 cm³/mol. The molecule has 29 heavy (non-hydrogen) atoms. The standard InChI is InChI=1S/C24H29N3O2/c28-23(21-7-6-19-10-12-25-13-11-20(19)18-21)8-9-24(29)27-16-14-26(15-17-27)22-4-2-1-3-5-22/h1-7,18,25H,8-17H2. The number of hydrogen-bond donors (Lipinski definition) is 1. The van der Waals surface area contributed by atoms with Gasteiger partial charge in [0.05, 0.1) is 0 Å². The molecule has 2 aromatic carbocycles. The first-order valence-electron chi connectivity index (χ1n) is 10.6. The van der Waals surface area contributed by atoms with Gasteiger partial charge < -0.3 is 15.1 Å². The summed E-state index contributed by atoms with van der Waals surface area (Å²) in [5, 5.41) is 3.39. The molecule has 2 aliphatic heterocycles. The van der Waals surface area contributed by atoms with Crippen molar-refractivity contribution in [3.8, 4) is 0 Å². The summed E-state index contributed by atoms with van der Waals surface area (Å²) in [7, 11) is 0. The van der Waals surface area contributed by atoms with Crippen molar-refractivity contribution >= 4 is 17.4 Å². The second-order valence-corrected chi connectivity index (χ2v) is 7.86. The Kier molecular flexibility index (Phi) is 6.25. The number of anilines is 1. The van der Waals surface area contributed by atoms with Crippen molar-refractivity contribution in [2.45, 2.75) is 25.7 Å². The molecule has 2 aromatic rings. The highest BCUT2D eigenvalue weighted by Crippen LogP contribution is 2.18. The van der Waals surface area contributed by atoms with Crippen molar-refractivity contribution in [3.05, 3.63) is 65.2 Å². The average Bonchev–Trinajstić information content (AvgIpc) is 3.03. The van der Waals surface area contributed by atoms with Crippen LogP contribution in [0.2, 0.25) is 0 Å². The van der Waals surface area contributed by atoms with Gasteiger partial charge in [0.1, 0.15) is 0 Å². The Labute approximate surface area is 172 Å². The van der Waals surface area contributed by atoms with Crippen molar-refractivity contribution in [2.75, 3.05) is 44.2 Å². The number of amides is 1. The molecular weight excluding hydrogens is 362 g/mol. The number of nitrogens with zero attached hydrogens (tertiary/aromatic N) is 2. The topological polar surface area (TPSA) is 52.7 Å². The Bertz CT molecular complexity index is 858. The number of carbonyl (C=O) groups excluding carboxylic acids is 2. The normalized spacial score (nSPS) is 16.8.